The first-order valence-corrected chi connectivity index (χ1v) is 12.0. The maximum atomic E-state index is 13.0. The Morgan fingerprint density at radius 2 is 1.38 bits per heavy atom. The number of benzene rings is 3. The van der Waals surface area contributed by atoms with E-state index >= 15 is 0 Å². The summed E-state index contributed by atoms with van der Waals surface area (Å²) in [5.74, 6) is -2.23. The smallest absolute Gasteiger partial charge is 0.338 e. The average Bonchev–Trinajstić information content (AvgIpc) is 3.07. The van der Waals surface area contributed by atoms with Gasteiger partial charge in [-0.05, 0) is 73.7 Å². The van der Waals surface area contributed by atoms with Gasteiger partial charge in [-0.25, -0.2) is 9.69 Å². The van der Waals surface area contributed by atoms with Gasteiger partial charge in [0.15, 0.2) is 0 Å². The number of amides is 3. The van der Waals surface area contributed by atoms with Crippen molar-refractivity contribution in [2.45, 2.75) is 6.92 Å². The van der Waals surface area contributed by atoms with Gasteiger partial charge >= 0.3 is 5.97 Å². The van der Waals surface area contributed by atoms with Crippen LogP contribution in [0.15, 0.2) is 77.5 Å². The molecule has 188 valence electrons. The fourth-order valence-corrected chi connectivity index (χ4v) is 4.20. The molecule has 0 aromatic heterocycles. The van der Waals surface area contributed by atoms with Crippen molar-refractivity contribution in [3.63, 3.8) is 0 Å². The second kappa shape index (κ2) is 11.0. The molecule has 3 aromatic carbocycles. The topological polar surface area (TPSA) is 105 Å². The van der Waals surface area contributed by atoms with Gasteiger partial charge in [-0.3, -0.25) is 14.4 Å². The van der Waals surface area contributed by atoms with Gasteiger partial charge < -0.3 is 15.4 Å². The number of hydrogen-bond acceptors (Lipinski definition) is 6. The fraction of sp³-hybridized carbons (Fsp3) is 0.0769. The Hall–Kier alpha value is -3.85. The lowest BCUT2D eigenvalue weighted by atomic mass is 10.1. The van der Waals surface area contributed by atoms with Crippen molar-refractivity contribution in [1.82, 2.24) is 0 Å². The minimum Gasteiger partial charge on any atom is -0.462 e. The summed E-state index contributed by atoms with van der Waals surface area (Å²) in [4.78, 5) is 50.8. The van der Waals surface area contributed by atoms with Crippen molar-refractivity contribution >= 4 is 75.6 Å². The maximum absolute atomic E-state index is 13.0. The molecule has 3 amide bonds. The van der Waals surface area contributed by atoms with Gasteiger partial charge in [-0.15, -0.1) is 0 Å². The van der Waals surface area contributed by atoms with E-state index < -0.39 is 17.8 Å². The molecule has 1 aliphatic heterocycles. The number of hydrogen-bond donors (Lipinski definition) is 2. The number of halogens is 3. The molecule has 11 heteroatoms. The predicted octanol–water partition coefficient (Wildman–Crippen LogP) is 5.86. The van der Waals surface area contributed by atoms with Crippen LogP contribution in [0.2, 0.25) is 10.0 Å². The fourth-order valence-electron chi connectivity index (χ4n) is 3.47. The molecule has 0 radical (unpaired) electrons. The van der Waals surface area contributed by atoms with Gasteiger partial charge in [0.2, 0.25) is 0 Å². The lowest BCUT2D eigenvalue weighted by Crippen LogP contribution is -2.32. The second-order valence-electron chi connectivity index (χ2n) is 7.72. The van der Waals surface area contributed by atoms with Crippen LogP contribution in [0.1, 0.15) is 27.6 Å². The van der Waals surface area contributed by atoms with Crippen LogP contribution in [0.25, 0.3) is 0 Å². The Morgan fingerprint density at radius 1 is 0.811 bits per heavy atom. The molecule has 37 heavy (non-hydrogen) atoms. The summed E-state index contributed by atoms with van der Waals surface area (Å²) in [7, 11) is 0. The van der Waals surface area contributed by atoms with E-state index in [4.69, 9.17) is 39.5 Å². The van der Waals surface area contributed by atoms with Crippen molar-refractivity contribution in [2.24, 2.45) is 0 Å². The SMILES string of the molecule is CCOC(=O)c1ccc(NC(=O)c2ccc(NC3=C(Cl)C(=O)N(c4cc(Cl)cc(Cl)c4)C3=O)cc2)cc1. The highest BCUT2D eigenvalue weighted by Crippen LogP contribution is 2.33. The number of nitrogens with zero attached hydrogens (tertiary/aromatic N) is 1. The molecule has 0 saturated heterocycles. The van der Waals surface area contributed by atoms with Crippen LogP contribution < -0.4 is 15.5 Å². The Bertz CT molecular complexity index is 1420. The number of rotatable bonds is 7. The van der Waals surface area contributed by atoms with Gasteiger partial charge in [0, 0.05) is 27.0 Å². The molecule has 0 bridgehead atoms. The molecular weight excluding hydrogens is 541 g/mol. The highest BCUT2D eigenvalue weighted by Gasteiger charge is 2.39. The lowest BCUT2D eigenvalue weighted by Gasteiger charge is -2.16. The summed E-state index contributed by atoms with van der Waals surface area (Å²) < 4.78 is 4.94. The van der Waals surface area contributed by atoms with E-state index in [2.05, 4.69) is 10.6 Å². The lowest BCUT2D eigenvalue weighted by molar-refractivity contribution is -0.120. The first-order chi connectivity index (χ1) is 17.7. The van der Waals surface area contributed by atoms with Crippen LogP contribution in [0.4, 0.5) is 17.1 Å². The van der Waals surface area contributed by atoms with E-state index in [0.717, 1.165) is 4.90 Å². The first kappa shape index (κ1) is 26.2. The highest BCUT2D eigenvalue weighted by molar-refractivity contribution is 6.53. The van der Waals surface area contributed by atoms with Gasteiger partial charge in [-0.1, -0.05) is 34.8 Å². The zero-order valence-corrected chi connectivity index (χ0v) is 21.4. The van der Waals surface area contributed by atoms with Gasteiger partial charge in [-0.2, -0.15) is 0 Å². The van der Waals surface area contributed by atoms with Crippen molar-refractivity contribution in [2.75, 3.05) is 22.1 Å². The molecule has 0 aliphatic carbocycles. The Balaban J connectivity index is 1.43. The molecule has 0 saturated carbocycles. The summed E-state index contributed by atoms with van der Waals surface area (Å²) in [6.45, 7) is 1.99. The van der Waals surface area contributed by atoms with Crippen LogP contribution in [-0.2, 0) is 14.3 Å². The molecule has 0 fully saturated rings. The summed E-state index contributed by atoms with van der Waals surface area (Å²) in [5, 5.41) is 5.78. The Morgan fingerprint density at radius 3 is 1.97 bits per heavy atom. The zero-order chi connectivity index (χ0) is 26.7. The molecule has 4 rings (SSSR count). The van der Waals surface area contributed by atoms with E-state index in [1.54, 1.807) is 43.3 Å². The standard InChI is InChI=1S/C26H18Cl3N3O5/c1-2-37-26(36)15-5-9-19(10-6-15)31-23(33)14-3-7-18(8-4-14)30-22-21(29)24(34)32(25(22)35)20-12-16(27)11-17(28)13-20/h3-13,30H,2H2,1H3,(H,31,33). The number of carbonyl (C=O) groups excluding carboxylic acids is 4. The van der Waals surface area contributed by atoms with Gasteiger partial charge in [0.05, 0.1) is 17.9 Å². The molecule has 0 unspecified atom stereocenters. The van der Waals surface area contributed by atoms with E-state index in [1.165, 1.54) is 30.3 Å². The number of ether oxygens (including phenoxy) is 1. The average molecular weight is 559 g/mol. The number of nitrogens with one attached hydrogen (secondary N) is 2. The summed E-state index contributed by atoms with van der Waals surface area (Å²) >= 11 is 18.2. The number of imide groups is 1. The minimum atomic E-state index is -0.725. The number of anilines is 3. The van der Waals surface area contributed by atoms with Crippen molar-refractivity contribution in [1.29, 1.82) is 0 Å². The molecule has 3 aromatic rings. The van der Waals surface area contributed by atoms with Crippen LogP contribution in [0, 0.1) is 0 Å². The largest absolute Gasteiger partial charge is 0.462 e. The quantitative estimate of drug-likeness (QED) is 0.278. The molecule has 1 heterocycles. The molecule has 0 spiro atoms. The van der Waals surface area contributed by atoms with Crippen molar-refractivity contribution < 1.29 is 23.9 Å². The van der Waals surface area contributed by atoms with Crippen LogP contribution in [0.5, 0.6) is 0 Å². The van der Waals surface area contributed by atoms with E-state index in [9.17, 15) is 19.2 Å². The Kier molecular flexibility index (Phi) is 7.83. The molecule has 1 aliphatic rings. The summed E-state index contributed by atoms with van der Waals surface area (Å²) in [6, 6.07) is 16.8. The van der Waals surface area contributed by atoms with Crippen LogP contribution in [-0.4, -0.2) is 30.3 Å². The van der Waals surface area contributed by atoms with Crippen LogP contribution in [0.3, 0.4) is 0 Å². The normalized spacial score (nSPS) is 13.1. The van der Waals surface area contributed by atoms with E-state index in [0.29, 0.717) is 22.5 Å². The third kappa shape index (κ3) is 5.77. The number of esters is 1. The van der Waals surface area contributed by atoms with Crippen molar-refractivity contribution in [3.8, 4) is 0 Å². The predicted molar refractivity (Wildman–Crippen MR) is 142 cm³/mol. The zero-order valence-electron chi connectivity index (χ0n) is 19.2. The van der Waals surface area contributed by atoms with Crippen LogP contribution >= 0.6 is 34.8 Å². The maximum Gasteiger partial charge on any atom is 0.338 e. The summed E-state index contributed by atoms with van der Waals surface area (Å²) in [6.07, 6.45) is 0. The Labute approximate surface area is 226 Å². The van der Waals surface area contributed by atoms with Gasteiger partial charge in [0.25, 0.3) is 17.7 Å². The molecule has 2 N–H and O–H groups in total. The van der Waals surface area contributed by atoms with Crippen molar-refractivity contribution in [3.05, 3.63) is 98.6 Å². The summed E-state index contributed by atoms with van der Waals surface area (Å²) in [5.41, 5.74) is 1.69. The minimum absolute atomic E-state index is 0.123. The second-order valence-corrected chi connectivity index (χ2v) is 8.97. The third-order valence-corrected chi connectivity index (χ3v) is 5.99. The van der Waals surface area contributed by atoms with Gasteiger partial charge in [0.1, 0.15) is 10.7 Å². The molecule has 0 atom stereocenters. The number of carbonyl (C=O) groups is 4. The van der Waals surface area contributed by atoms with E-state index in [-0.39, 0.29) is 39.0 Å². The molecular formula is C26H18Cl3N3O5. The highest BCUT2D eigenvalue weighted by atomic mass is 35.5. The first-order valence-electron chi connectivity index (χ1n) is 10.9. The third-order valence-electron chi connectivity index (χ3n) is 5.20. The monoisotopic (exact) mass is 557 g/mol. The molecule has 8 nitrogen and oxygen atoms in total. The van der Waals surface area contributed by atoms with E-state index in [1.807, 2.05) is 0 Å².